The van der Waals surface area contributed by atoms with Gasteiger partial charge in [-0.05, 0) is 38.1 Å². The van der Waals surface area contributed by atoms with E-state index in [0.717, 1.165) is 22.8 Å². The van der Waals surface area contributed by atoms with Gasteiger partial charge < -0.3 is 10.2 Å². The van der Waals surface area contributed by atoms with Gasteiger partial charge >= 0.3 is 0 Å². The first-order valence-electron chi connectivity index (χ1n) is 6.85. The molecule has 1 unspecified atom stereocenters. The second kappa shape index (κ2) is 6.33. The van der Waals surface area contributed by atoms with Crippen molar-refractivity contribution in [3.63, 3.8) is 0 Å². The number of sulfone groups is 1. The largest absolute Gasteiger partial charge is 0.370 e. The molecule has 0 amide bonds. The Morgan fingerprint density at radius 1 is 1.30 bits per heavy atom. The highest BCUT2D eigenvalue weighted by Crippen LogP contribution is 2.28. The topological polar surface area (TPSA) is 49.4 Å². The van der Waals surface area contributed by atoms with Crippen molar-refractivity contribution < 1.29 is 8.42 Å². The van der Waals surface area contributed by atoms with E-state index < -0.39 is 9.84 Å². The summed E-state index contributed by atoms with van der Waals surface area (Å²) in [5.41, 5.74) is 2.06. The molecule has 0 radical (unpaired) electrons. The quantitative estimate of drug-likeness (QED) is 0.929. The fourth-order valence-electron chi connectivity index (χ4n) is 2.42. The van der Waals surface area contributed by atoms with E-state index in [9.17, 15) is 8.42 Å². The van der Waals surface area contributed by atoms with Gasteiger partial charge in [0.1, 0.15) is 0 Å². The molecule has 1 atom stereocenters. The van der Waals surface area contributed by atoms with Crippen molar-refractivity contribution in [2.24, 2.45) is 0 Å². The third-order valence-corrected chi connectivity index (χ3v) is 5.85. The van der Waals surface area contributed by atoms with Crippen LogP contribution in [0.4, 0.5) is 5.69 Å². The minimum Gasteiger partial charge on any atom is -0.370 e. The second-order valence-corrected chi connectivity index (χ2v) is 7.92. The summed E-state index contributed by atoms with van der Waals surface area (Å²) in [6.45, 7) is 3.36. The van der Waals surface area contributed by atoms with E-state index in [0.29, 0.717) is 13.0 Å². The molecule has 6 heteroatoms. The van der Waals surface area contributed by atoms with Crippen LogP contribution in [0.15, 0.2) is 18.2 Å². The molecule has 20 heavy (non-hydrogen) atoms. The van der Waals surface area contributed by atoms with Crippen LogP contribution in [0, 0.1) is 0 Å². The Kier molecular flexibility index (Phi) is 4.94. The molecule has 0 saturated carbocycles. The standard InChI is InChI=1S/C14H21ClN2O2S/c1-11(16-2)13-5-4-12(10-14(13)15)17-6-3-8-20(18,19)9-7-17/h4-5,10-11,16H,3,6-9H2,1-2H3. The van der Waals surface area contributed by atoms with Crippen LogP contribution in [-0.4, -0.2) is 40.1 Å². The molecule has 1 fully saturated rings. The predicted molar refractivity (Wildman–Crippen MR) is 84.4 cm³/mol. The lowest BCUT2D eigenvalue weighted by atomic mass is 10.1. The smallest absolute Gasteiger partial charge is 0.152 e. The highest BCUT2D eigenvalue weighted by Gasteiger charge is 2.20. The van der Waals surface area contributed by atoms with Gasteiger partial charge in [-0.25, -0.2) is 8.42 Å². The Labute approximate surface area is 126 Å². The molecule has 1 heterocycles. The molecule has 1 aromatic rings. The van der Waals surface area contributed by atoms with Gasteiger partial charge in [0.05, 0.1) is 11.5 Å². The molecule has 0 bridgehead atoms. The zero-order chi connectivity index (χ0) is 14.8. The first-order chi connectivity index (χ1) is 9.43. The van der Waals surface area contributed by atoms with Crippen LogP contribution in [0.1, 0.15) is 24.9 Å². The summed E-state index contributed by atoms with van der Waals surface area (Å²) in [7, 11) is -0.983. The molecule has 1 aliphatic heterocycles. The van der Waals surface area contributed by atoms with Gasteiger partial charge in [0.25, 0.3) is 0 Å². The average Bonchev–Trinajstić information content (AvgIpc) is 2.59. The van der Waals surface area contributed by atoms with Crippen molar-refractivity contribution in [2.75, 3.05) is 36.5 Å². The fourth-order valence-corrected chi connectivity index (χ4v) is 4.03. The average molecular weight is 317 g/mol. The van der Waals surface area contributed by atoms with E-state index in [-0.39, 0.29) is 17.5 Å². The number of hydrogen-bond acceptors (Lipinski definition) is 4. The SMILES string of the molecule is CNC(C)c1ccc(N2CCCS(=O)(=O)CC2)cc1Cl. The Morgan fingerprint density at radius 2 is 2.05 bits per heavy atom. The Bertz CT molecular complexity index is 575. The molecule has 4 nitrogen and oxygen atoms in total. The van der Waals surface area contributed by atoms with Crippen LogP contribution in [0.5, 0.6) is 0 Å². The number of rotatable bonds is 3. The molecular formula is C14H21ClN2O2S. The highest BCUT2D eigenvalue weighted by atomic mass is 35.5. The molecule has 1 aliphatic rings. The second-order valence-electron chi connectivity index (χ2n) is 5.21. The Hall–Kier alpha value is -0.780. The number of anilines is 1. The maximum Gasteiger partial charge on any atom is 0.152 e. The van der Waals surface area contributed by atoms with Crippen LogP contribution in [0.25, 0.3) is 0 Å². The van der Waals surface area contributed by atoms with Crippen molar-refractivity contribution in [1.82, 2.24) is 5.32 Å². The van der Waals surface area contributed by atoms with Crippen LogP contribution in [0.3, 0.4) is 0 Å². The first kappa shape index (κ1) is 15.6. The number of nitrogens with zero attached hydrogens (tertiary/aromatic N) is 1. The lowest BCUT2D eigenvalue weighted by molar-refractivity contribution is 0.597. The van der Waals surface area contributed by atoms with E-state index in [1.165, 1.54) is 0 Å². The van der Waals surface area contributed by atoms with Gasteiger partial charge in [0.15, 0.2) is 9.84 Å². The van der Waals surface area contributed by atoms with E-state index in [1.54, 1.807) is 0 Å². The minimum absolute atomic E-state index is 0.195. The van der Waals surface area contributed by atoms with Gasteiger partial charge in [-0.2, -0.15) is 0 Å². The van der Waals surface area contributed by atoms with Crippen LogP contribution in [-0.2, 0) is 9.84 Å². The van der Waals surface area contributed by atoms with Crippen molar-refractivity contribution in [3.8, 4) is 0 Å². The van der Waals surface area contributed by atoms with Crippen LogP contribution >= 0.6 is 11.6 Å². The molecular weight excluding hydrogens is 296 g/mol. The Balaban J connectivity index is 2.19. The normalized spacial score (nSPS) is 20.4. The summed E-state index contributed by atoms with van der Waals surface area (Å²) in [4.78, 5) is 2.10. The lowest BCUT2D eigenvalue weighted by Gasteiger charge is -2.23. The Morgan fingerprint density at radius 3 is 2.70 bits per heavy atom. The minimum atomic E-state index is -2.88. The van der Waals surface area contributed by atoms with E-state index in [1.807, 2.05) is 25.2 Å². The lowest BCUT2D eigenvalue weighted by Crippen LogP contribution is -2.26. The summed E-state index contributed by atoms with van der Waals surface area (Å²) in [6, 6.07) is 6.16. The number of hydrogen-bond donors (Lipinski definition) is 1. The van der Waals surface area contributed by atoms with Crippen molar-refractivity contribution in [1.29, 1.82) is 0 Å². The predicted octanol–water partition coefficient (Wildman–Crippen LogP) is 2.25. The third-order valence-electron chi connectivity index (χ3n) is 3.80. The van der Waals surface area contributed by atoms with E-state index >= 15 is 0 Å². The van der Waals surface area contributed by atoms with Crippen molar-refractivity contribution in [3.05, 3.63) is 28.8 Å². The third kappa shape index (κ3) is 3.65. The van der Waals surface area contributed by atoms with Crippen LogP contribution in [0.2, 0.25) is 5.02 Å². The molecule has 0 aromatic heterocycles. The summed E-state index contributed by atoms with van der Waals surface area (Å²) in [5, 5.41) is 3.88. The zero-order valence-corrected chi connectivity index (χ0v) is 13.5. The maximum absolute atomic E-state index is 11.6. The molecule has 0 aliphatic carbocycles. The monoisotopic (exact) mass is 316 g/mol. The summed E-state index contributed by atoms with van der Waals surface area (Å²) in [5.74, 6) is 0.505. The van der Waals surface area contributed by atoms with Gasteiger partial charge in [0.2, 0.25) is 0 Å². The molecule has 112 valence electrons. The van der Waals surface area contributed by atoms with Crippen LogP contribution < -0.4 is 10.2 Å². The van der Waals surface area contributed by atoms with Gasteiger partial charge in [-0.1, -0.05) is 17.7 Å². The van der Waals surface area contributed by atoms with E-state index in [2.05, 4.69) is 17.1 Å². The number of benzene rings is 1. The van der Waals surface area contributed by atoms with Crippen molar-refractivity contribution in [2.45, 2.75) is 19.4 Å². The maximum atomic E-state index is 11.6. The zero-order valence-electron chi connectivity index (χ0n) is 11.9. The molecule has 2 rings (SSSR count). The summed E-state index contributed by atoms with van der Waals surface area (Å²) < 4.78 is 23.3. The van der Waals surface area contributed by atoms with E-state index in [4.69, 9.17) is 11.6 Å². The molecule has 1 saturated heterocycles. The molecule has 1 aromatic carbocycles. The van der Waals surface area contributed by atoms with Gasteiger partial charge in [-0.15, -0.1) is 0 Å². The molecule has 1 N–H and O–H groups in total. The number of halogens is 1. The molecule has 0 spiro atoms. The number of nitrogens with one attached hydrogen (secondary N) is 1. The summed E-state index contributed by atoms with van der Waals surface area (Å²) in [6.07, 6.45) is 0.675. The highest BCUT2D eigenvalue weighted by molar-refractivity contribution is 7.91. The summed E-state index contributed by atoms with van der Waals surface area (Å²) >= 11 is 6.33. The van der Waals surface area contributed by atoms with Crippen molar-refractivity contribution >= 4 is 27.1 Å². The van der Waals surface area contributed by atoms with Gasteiger partial charge in [-0.3, -0.25) is 0 Å². The van der Waals surface area contributed by atoms with Gasteiger partial charge in [0, 0.05) is 29.8 Å². The first-order valence-corrected chi connectivity index (χ1v) is 9.05. The fraction of sp³-hybridized carbons (Fsp3) is 0.571.